The molecule has 7 heteroatoms. The zero-order chi connectivity index (χ0) is 20.6. The van der Waals surface area contributed by atoms with Crippen molar-refractivity contribution >= 4 is 17.3 Å². The zero-order valence-corrected chi connectivity index (χ0v) is 15.8. The Hall–Kier alpha value is -3.87. The molecular formula is C22H20N2O5. The van der Waals surface area contributed by atoms with Gasteiger partial charge >= 0.3 is 5.69 Å². The number of nitrogens with one attached hydrogen (secondary N) is 1. The monoisotopic (exact) mass is 392 g/mol. The van der Waals surface area contributed by atoms with Crippen molar-refractivity contribution in [1.82, 2.24) is 0 Å². The molecule has 148 valence electrons. The standard InChI is InChI=1S/C22H20N2O5/c1-16(29-21-13-6-5-12-20(21)24(26)27)22(25)23-18-10-7-11-19(14-18)28-15-17-8-3-2-4-9-17/h2-14,16H,15H2,1H3,(H,23,25). The summed E-state index contributed by atoms with van der Waals surface area (Å²) < 4.78 is 11.2. The Kier molecular flexibility index (Phi) is 6.42. The zero-order valence-electron chi connectivity index (χ0n) is 15.8. The average Bonchev–Trinajstić information content (AvgIpc) is 2.73. The lowest BCUT2D eigenvalue weighted by molar-refractivity contribution is -0.386. The molecule has 3 aromatic carbocycles. The van der Waals surface area contributed by atoms with Gasteiger partial charge in [0, 0.05) is 17.8 Å². The molecule has 0 radical (unpaired) electrons. The molecule has 29 heavy (non-hydrogen) atoms. The van der Waals surface area contributed by atoms with E-state index in [1.165, 1.54) is 25.1 Å². The number of benzene rings is 3. The van der Waals surface area contributed by atoms with Crippen LogP contribution in [0.2, 0.25) is 0 Å². The van der Waals surface area contributed by atoms with Crippen molar-refractivity contribution in [2.75, 3.05) is 5.32 Å². The number of para-hydroxylation sites is 2. The van der Waals surface area contributed by atoms with Gasteiger partial charge in [0.1, 0.15) is 12.4 Å². The van der Waals surface area contributed by atoms with Crippen LogP contribution in [0.15, 0.2) is 78.9 Å². The summed E-state index contributed by atoms with van der Waals surface area (Å²) in [7, 11) is 0. The summed E-state index contributed by atoms with van der Waals surface area (Å²) in [4.78, 5) is 23.0. The first-order chi connectivity index (χ1) is 14.0. The maximum atomic E-state index is 12.4. The Bertz CT molecular complexity index is 991. The van der Waals surface area contributed by atoms with Crippen LogP contribution < -0.4 is 14.8 Å². The number of amides is 1. The fourth-order valence-corrected chi connectivity index (χ4v) is 2.60. The molecule has 0 saturated heterocycles. The van der Waals surface area contributed by atoms with E-state index in [1.54, 1.807) is 30.3 Å². The Morgan fingerprint density at radius 1 is 1.03 bits per heavy atom. The highest BCUT2D eigenvalue weighted by Crippen LogP contribution is 2.27. The molecular weight excluding hydrogens is 372 g/mol. The van der Waals surface area contributed by atoms with Gasteiger partial charge in [0.25, 0.3) is 5.91 Å². The van der Waals surface area contributed by atoms with Crippen molar-refractivity contribution in [3.05, 3.63) is 94.5 Å². The molecule has 0 aromatic heterocycles. The summed E-state index contributed by atoms with van der Waals surface area (Å²) in [5.74, 6) is 0.224. The number of carbonyl (C=O) groups excluding carboxylic acids is 1. The molecule has 0 aliphatic rings. The third kappa shape index (κ3) is 5.55. The number of nitrogens with zero attached hydrogens (tertiary/aromatic N) is 1. The van der Waals surface area contributed by atoms with Gasteiger partial charge in [0.05, 0.1) is 4.92 Å². The second kappa shape index (κ2) is 9.36. The van der Waals surface area contributed by atoms with Crippen LogP contribution in [0.4, 0.5) is 11.4 Å². The lowest BCUT2D eigenvalue weighted by atomic mass is 10.2. The van der Waals surface area contributed by atoms with Crippen LogP contribution in [-0.2, 0) is 11.4 Å². The first kappa shape index (κ1) is 19.9. The Morgan fingerprint density at radius 3 is 2.52 bits per heavy atom. The molecule has 1 atom stereocenters. The van der Waals surface area contributed by atoms with E-state index < -0.39 is 16.9 Å². The van der Waals surface area contributed by atoms with Crippen LogP contribution in [0.25, 0.3) is 0 Å². The molecule has 0 spiro atoms. The second-order valence-electron chi connectivity index (χ2n) is 6.28. The molecule has 0 heterocycles. The Morgan fingerprint density at radius 2 is 1.76 bits per heavy atom. The van der Waals surface area contributed by atoms with Crippen molar-refractivity contribution in [3.8, 4) is 11.5 Å². The van der Waals surface area contributed by atoms with Gasteiger partial charge in [-0.1, -0.05) is 48.5 Å². The predicted molar refractivity (Wildman–Crippen MR) is 109 cm³/mol. The number of ether oxygens (including phenoxy) is 2. The smallest absolute Gasteiger partial charge is 0.310 e. The maximum Gasteiger partial charge on any atom is 0.310 e. The minimum Gasteiger partial charge on any atom is -0.489 e. The van der Waals surface area contributed by atoms with Crippen molar-refractivity contribution in [2.24, 2.45) is 0 Å². The molecule has 0 bridgehead atoms. The van der Waals surface area contributed by atoms with Crippen LogP contribution in [0.5, 0.6) is 11.5 Å². The Labute approximate surface area is 168 Å². The van der Waals surface area contributed by atoms with E-state index >= 15 is 0 Å². The minimum absolute atomic E-state index is 0.0418. The summed E-state index contributed by atoms with van der Waals surface area (Å²) in [5, 5.41) is 13.8. The van der Waals surface area contributed by atoms with Gasteiger partial charge in [-0.05, 0) is 30.7 Å². The normalized spacial score (nSPS) is 11.3. The highest BCUT2D eigenvalue weighted by atomic mass is 16.6. The highest BCUT2D eigenvalue weighted by molar-refractivity contribution is 5.94. The number of anilines is 1. The second-order valence-corrected chi connectivity index (χ2v) is 6.28. The topological polar surface area (TPSA) is 90.7 Å². The first-order valence-corrected chi connectivity index (χ1v) is 9.00. The molecule has 3 rings (SSSR count). The van der Waals surface area contributed by atoms with E-state index in [-0.39, 0.29) is 11.4 Å². The van der Waals surface area contributed by atoms with Crippen LogP contribution in [0.3, 0.4) is 0 Å². The summed E-state index contributed by atoms with van der Waals surface area (Å²) >= 11 is 0. The predicted octanol–water partition coefficient (Wildman–Crippen LogP) is 4.58. The number of nitro groups is 1. The summed E-state index contributed by atoms with van der Waals surface area (Å²) in [6.45, 7) is 1.94. The molecule has 0 aliphatic heterocycles. The highest BCUT2D eigenvalue weighted by Gasteiger charge is 2.20. The average molecular weight is 392 g/mol. The lowest BCUT2D eigenvalue weighted by Gasteiger charge is -2.15. The number of nitro benzene ring substituents is 1. The fourth-order valence-electron chi connectivity index (χ4n) is 2.60. The molecule has 1 unspecified atom stereocenters. The third-order valence-corrected chi connectivity index (χ3v) is 4.08. The molecule has 3 aromatic rings. The van der Waals surface area contributed by atoms with Gasteiger partial charge in [-0.15, -0.1) is 0 Å². The summed E-state index contributed by atoms with van der Waals surface area (Å²) in [6, 6.07) is 22.7. The van der Waals surface area contributed by atoms with E-state index in [9.17, 15) is 14.9 Å². The van der Waals surface area contributed by atoms with E-state index in [0.29, 0.717) is 18.0 Å². The SMILES string of the molecule is CC(Oc1ccccc1[N+](=O)[O-])C(=O)Nc1cccc(OCc2ccccc2)c1. The third-order valence-electron chi connectivity index (χ3n) is 4.08. The minimum atomic E-state index is -0.926. The summed E-state index contributed by atoms with van der Waals surface area (Å²) in [5.41, 5.74) is 1.38. The lowest BCUT2D eigenvalue weighted by Crippen LogP contribution is -2.30. The van der Waals surface area contributed by atoms with Gasteiger partial charge in [-0.3, -0.25) is 14.9 Å². The van der Waals surface area contributed by atoms with Crippen molar-refractivity contribution in [3.63, 3.8) is 0 Å². The Balaban J connectivity index is 1.61. The number of rotatable bonds is 8. The van der Waals surface area contributed by atoms with Crippen molar-refractivity contribution in [1.29, 1.82) is 0 Å². The molecule has 1 amide bonds. The fraction of sp³-hybridized carbons (Fsp3) is 0.136. The molecule has 7 nitrogen and oxygen atoms in total. The molecule has 0 aliphatic carbocycles. The first-order valence-electron chi connectivity index (χ1n) is 9.00. The van der Waals surface area contributed by atoms with Crippen LogP contribution >= 0.6 is 0 Å². The number of hydrogen-bond acceptors (Lipinski definition) is 5. The maximum absolute atomic E-state index is 12.4. The van der Waals surface area contributed by atoms with Crippen molar-refractivity contribution in [2.45, 2.75) is 19.6 Å². The largest absolute Gasteiger partial charge is 0.489 e. The summed E-state index contributed by atoms with van der Waals surface area (Å²) in [6.07, 6.45) is -0.926. The van der Waals surface area contributed by atoms with E-state index in [0.717, 1.165) is 5.56 Å². The van der Waals surface area contributed by atoms with Gasteiger partial charge in [-0.2, -0.15) is 0 Å². The van der Waals surface area contributed by atoms with E-state index in [4.69, 9.17) is 9.47 Å². The molecule has 0 saturated carbocycles. The van der Waals surface area contributed by atoms with Crippen molar-refractivity contribution < 1.29 is 19.2 Å². The molecule has 1 N–H and O–H groups in total. The van der Waals surface area contributed by atoms with Crippen LogP contribution in [-0.4, -0.2) is 16.9 Å². The number of hydrogen-bond donors (Lipinski definition) is 1. The van der Waals surface area contributed by atoms with Crippen LogP contribution in [0, 0.1) is 10.1 Å². The van der Waals surface area contributed by atoms with E-state index in [1.807, 2.05) is 30.3 Å². The van der Waals surface area contributed by atoms with Crippen LogP contribution in [0.1, 0.15) is 12.5 Å². The number of carbonyl (C=O) groups is 1. The molecule has 0 fully saturated rings. The van der Waals surface area contributed by atoms with Gasteiger partial charge < -0.3 is 14.8 Å². The van der Waals surface area contributed by atoms with Gasteiger partial charge in [-0.25, -0.2) is 0 Å². The van der Waals surface area contributed by atoms with Gasteiger partial charge in [0.15, 0.2) is 11.9 Å². The quantitative estimate of drug-likeness (QED) is 0.448. The van der Waals surface area contributed by atoms with Gasteiger partial charge in [0.2, 0.25) is 0 Å². The van der Waals surface area contributed by atoms with E-state index in [2.05, 4.69) is 5.32 Å².